The van der Waals surface area contributed by atoms with Crippen molar-refractivity contribution in [1.29, 1.82) is 0 Å². The molecule has 1 amide bonds. The molecule has 3 nitrogen and oxygen atoms in total. The third-order valence-corrected chi connectivity index (χ3v) is 2.95. The fourth-order valence-corrected chi connectivity index (χ4v) is 1.54. The summed E-state index contributed by atoms with van der Waals surface area (Å²) in [5.41, 5.74) is 1.11. The second-order valence-corrected chi connectivity index (χ2v) is 4.60. The van der Waals surface area contributed by atoms with E-state index in [1.54, 1.807) is 6.92 Å². The summed E-state index contributed by atoms with van der Waals surface area (Å²) in [7, 11) is 0. The monoisotopic (exact) mass is 251 g/mol. The third-order valence-electron chi connectivity index (χ3n) is 2.56. The van der Waals surface area contributed by atoms with E-state index in [1.165, 1.54) is 0 Å². The smallest absolute Gasteiger partial charge is 0.223 e. The predicted molar refractivity (Wildman–Crippen MR) is 70.9 cm³/mol. The van der Waals surface area contributed by atoms with Crippen molar-refractivity contribution in [2.75, 3.05) is 0 Å². The lowest BCUT2D eigenvalue weighted by Gasteiger charge is -2.15. The maximum absolute atomic E-state index is 11.8. The molecule has 0 radical (unpaired) electrons. The van der Waals surface area contributed by atoms with Crippen LogP contribution in [-0.2, 0) is 16.0 Å². The fraction of sp³-hybridized carbons (Fsp3) is 0.385. The van der Waals surface area contributed by atoms with E-state index in [9.17, 15) is 9.59 Å². The molecule has 0 unspecified atom stereocenters. The van der Waals surface area contributed by atoms with Gasteiger partial charge in [0, 0.05) is 5.92 Å². The highest BCUT2D eigenvalue weighted by Crippen LogP contribution is 2.08. The Labute approximate surface area is 107 Å². The first-order valence-corrected chi connectivity index (χ1v) is 6.02. The molecule has 0 fully saturated rings. The van der Waals surface area contributed by atoms with Crippen molar-refractivity contribution in [3.8, 4) is 0 Å². The molecule has 1 N–H and O–H groups in total. The van der Waals surface area contributed by atoms with E-state index in [1.807, 2.05) is 37.3 Å². The van der Waals surface area contributed by atoms with Crippen molar-refractivity contribution in [1.82, 2.24) is 5.32 Å². The molecular formula is C13H17NO2S. The first kappa shape index (κ1) is 13.8. The Morgan fingerprint density at radius 3 is 2.35 bits per heavy atom. The van der Waals surface area contributed by atoms with Gasteiger partial charge in [0.05, 0.1) is 6.04 Å². The molecule has 0 bridgehead atoms. The van der Waals surface area contributed by atoms with Gasteiger partial charge < -0.3 is 5.32 Å². The highest BCUT2D eigenvalue weighted by molar-refractivity contribution is 7.96. The highest BCUT2D eigenvalue weighted by atomic mass is 32.1. The van der Waals surface area contributed by atoms with Crippen molar-refractivity contribution in [3.63, 3.8) is 0 Å². The van der Waals surface area contributed by atoms with Crippen LogP contribution in [0.25, 0.3) is 0 Å². The van der Waals surface area contributed by atoms with Crippen LogP contribution in [0.1, 0.15) is 19.4 Å². The highest BCUT2D eigenvalue weighted by Gasteiger charge is 2.17. The molecule has 0 spiro atoms. The summed E-state index contributed by atoms with van der Waals surface area (Å²) in [6.07, 6.45) is 0.667. The SMILES string of the molecule is C[C@@H](Cc1ccccc1)C(=O)N[C@H](C)C(=O)S. The van der Waals surface area contributed by atoms with Crippen LogP contribution in [0.5, 0.6) is 0 Å². The van der Waals surface area contributed by atoms with Crippen LogP contribution in [-0.4, -0.2) is 17.1 Å². The Morgan fingerprint density at radius 2 is 1.82 bits per heavy atom. The van der Waals surface area contributed by atoms with Gasteiger partial charge >= 0.3 is 0 Å². The first-order valence-electron chi connectivity index (χ1n) is 5.58. The van der Waals surface area contributed by atoms with E-state index < -0.39 is 6.04 Å². The number of amides is 1. The molecule has 17 heavy (non-hydrogen) atoms. The molecule has 2 atom stereocenters. The quantitative estimate of drug-likeness (QED) is 0.784. The van der Waals surface area contributed by atoms with Crippen LogP contribution >= 0.6 is 12.6 Å². The molecule has 1 aromatic carbocycles. The van der Waals surface area contributed by atoms with Crippen LogP contribution in [0, 0.1) is 5.92 Å². The number of rotatable bonds is 5. The lowest BCUT2D eigenvalue weighted by molar-refractivity contribution is -0.127. The molecule has 92 valence electrons. The van der Waals surface area contributed by atoms with Crippen molar-refractivity contribution >= 4 is 23.7 Å². The Hall–Kier alpha value is -1.29. The van der Waals surface area contributed by atoms with Crippen molar-refractivity contribution in [2.45, 2.75) is 26.3 Å². The molecular weight excluding hydrogens is 234 g/mol. The zero-order valence-electron chi connectivity index (χ0n) is 10.0. The molecule has 1 aromatic rings. The van der Waals surface area contributed by atoms with Crippen molar-refractivity contribution in [2.24, 2.45) is 5.92 Å². The standard InChI is InChI=1S/C13H17NO2S/c1-9(8-11-6-4-3-5-7-11)12(15)14-10(2)13(16)17/h3-7,9-10H,8H2,1-2H3,(H,14,15)(H,16,17)/t9-,10+/m0/s1. The molecule has 0 saturated carbocycles. The summed E-state index contributed by atoms with van der Waals surface area (Å²) in [6.45, 7) is 3.47. The summed E-state index contributed by atoms with van der Waals surface area (Å²) >= 11 is 3.68. The average molecular weight is 251 g/mol. The molecule has 0 aromatic heterocycles. The van der Waals surface area contributed by atoms with E-state index in [-0.39, 0.29) is 16.9 Å². The van der Waals surface area contributed by atoms with Gasteiger partial charge in [-0.1, -0.05) is 37.3 Å². The van der Waals surface area contributed by atoms with Gasteiger partial charge in [0.1, 0.15) is 0 Å². The zero-order chi connectivity index (χ0) is 12.8. The van der Waals surface area contributed by atoms with E-state index in [4.69, 9.17) is 0 Å². The minimum absolute atomic E-state index is 0.122. The van der Waals surface area contributed by atoms with Crippen LogP contribution in [0.15, 0.2) is 30.3 Å². The number of carbonyl (C=O) groups excluding carboxylic acids is 2. The second kappa shape index (κ2) is 6.45. The van der Waals surface area contributed by atoms with Crippen LogP contribution in [0.2, 0.25) is 0 Å². The van der Waals surface area contributed by atoms with Crippen LogP contribution in [0.3, 0.4) is 0 Å². The molecule has 0 saturated heterocycles. The second-order valence-electron chi connectivity index (χ2n) is 4.16. The number of thiol groups is 1. The van der Waals surface area contributed by atoms with E-state index in [0.717, 1.165) is 5.56 Å². The Bertz CT molecular complexity index is 392. The van der Waals surface area contributed by atoms with Crippen LogP contribution in [0.4, 0.5) is 0 Å². The number of nitrogens with one attached hydrogen (secondary N) is 1. The zero-order valence-corrected chi connectivity index (χ0v) is 10.9. The van der Waals surface area contributed by atoms with Crippen molar-refractivity contribution < 1.29 is 9.59 Å². The van der Waals surface area contributed by atoms with Gasteiger partial charge in [-0.3, -0.25) is 9.59 Å². The lowest BCUT2D eigenvalue weighted by Crippen LogP contribution is -2.40. The maximum atomic E-state index is 11.8. The van der Waals surface area contributed by atoms with Gasteiger partial charge in [-0.15, -0.1) is 12.6 Å². The lowest BCUT2D eigenvalue weighted by atomic mass is 10.0. The van der Waals surface area contributed by atoms with E-state index >= 15 is 0 Å². The number of hydrogen-bond donors (Lipinski definition) is 2. The van der Waals surface area contributed by atoms with Gasteiger partial charge in [0.2, 0.25) is 11.0 Å². The molecule has 0 aliphatic heterocycles. The Morgan fingerprint density at radius 1 is 1.24 bits per heavy atom. The van der Waals surface area contributed by atoms with Gasteiger partial charge in [-0.25, -0.2) is 0 Å². The normalized spacial score (nSPS) is 13.8. The third kappa shape index (κ3) is 4.61. The van der Waals surface area contributed by atoms with E-state index in [2.05, 4.69) is 17.9 Å². The van der Waals surface area contributed by atoms with Gasteiger partial charge in [0.25, 0.3) is 0 Å². The number of benzene rings is 1. The summed E-state index contributed by atoms with van der Waals surface area (Å²) in [5.74, 6) is -0.281. The molecule has 0 aliphatic carbocycles. The Kier molecular flexibility index (Phi) is 5.22. The summed E-state index contributed by atoms with van der Waals surface area (Å²) in [5, 5.41) is 2.31. The van der Waals surface area contributed by atoms with Crippen LogP contribution < -0.4 is 5.32 Å². The summed E-state index contributed by atoms with van der Waals surface area (Å²) in [6, 6.07) is 9.26. The number of hydrogen-bond acceptors (Lipinski definition) is 2. The first-order chi connectivity index (χ1) is 8.00. The van der Waals surface area contributed by atoms with Gasteiger partial charge in [-0.05, 0) is 18.9 Å². The predicted octanol–water partition coefficient (Wildman–Crippen LogP) is 1.83. The van der Waals surface area contributed by atoms with E-state index in [0.29, 0.717) is 6.42 Å². The maximum Gasteiger partial charge on any atom is 0.223 e. The fourth-order valence-electron chi connectivity index (χ4n) is 1.48. The minimum atomic E-state index is -0.538. The summed E-state index contributed by atoms with van der Waals surface area (Å²) < 4.78 is 0. The minimum Gasteiger partial charge on any atom is -0.345 e. The summed E-state index contributed by atoms with van der Waals surface area (Å²) in [4.78, 5) is 22.7. The molecule has 0 heterocycles. The Balaban J connectivity index is 2.50. The van der Waals surface area contributed by atoms with Crippen molar-refractivity contribution in [3.05, 3.63) is 35.9 Å². The average Bonchev–Trinajstić information content (AvgIpc) is 2.29. The van der Waals surface area contributed by atoms with Gasteiger partial charge in [-0.2, -0.15) is 0 Å². The topological polar surface area (TPSA) is 46.2 Å². The number of carbonyl (C=O) groups is 2. The molecule has 1 rings (SSSR count). The van der Waals surface area contributed by atoms with Gasteiger partial charge in [0.15, 0.2) is 0 Å². The molecule has 0 aliphatic rings. The molecule has 4 heteroatoms. The largest absolute Gasteiger partial charge is 0.345 e.